The Kier molecular flexibility index (Phi) is 2.09. The molecule has 1 aromatic carbocycles. The van der Waals surface area contributed by atoms with Gasteiger partial charge in [0.05, 0.1) is 39.8 Å². The molecular formula is C19H12N4O. The lowest BCUT2D eigenvalue weighted by atomic mass is 10.0. The van der Waals surface area contributed by atoms with E-state index < -0.39 is 0 Å². The lowest BCUT2D eigenvalue weighted by Gasteiger charge is -2.18. The summed E-state index contributed by atoms with van der Waals surface area (Å²) in [5.41, 5.74) is 8.71. The molecule has 4 aromatic rings. The molecule has 0 unspecified atom stereocenters. The van der Waals surface area contributed by atoms with Crippen LogP contribution in [-0.2, 0) is 11.3 Å². The first-order valence-electron chi connectivity index (χ1n) is 7.85. The van der Waals surface area contributed by atoms with Crippen molar-refractivity contribution >= 4 is 33.9 Å². The van der Waals surface area contributed by atoms with Gasteiger partial charge in [0.1, 0.15) is 12.9 Å². The fourth-order valence-electron chi connectivity index (χ4n) is 3.68. The minimum atomic E-state index is 0.607. The molecule has 3 aromatic heterocycles. The van der Waals surface area contributed by atoms with Crippen molar-refractivity contribution in [2.24, 2.45) is 0 Å². The van der Waals surface area contributed by atoms with Crippen LogP contribution in [0, 0.1) is 0 Å². The molecule has 1 N–H and O–H groups in total. The maximum absolute atomic E-state index is 5.41. The second-order valence-electron chi connectivity index (χ2n) is 6.13. The van der Waals surface area contributed by atoms with Crippen LogP contribution < -0.4 is 5.32 Å². The van der Waals surface area contributed by atoms with E-state index in [9.17, 15) is 0 Å². The van der Waals surface area contributed by atoms with Crippen LogP contribution in [0.3, 0.4) is 0 Å². The van der Waals surface area contributed by atoms with Crippen molar-refractivity contribution in [1.29, 1.82) is 0 Å². The third kappa shape index (κ3) is 1.44. The smallest absolute Gasteiger partial charge is 0.116 e. The summed E-state index contributed by atoms with van der Waals surface area (Å²) in [5.74, 6) is 0. The molecule has 0 radical (unpaired) electrons. The molecule has 0 atom stereocenters. The maximum Gasteiger partial charge on any atom is 0.116 e. The molecule has 5 heterocycles. The number of hydrogen-bond donors (Lipinski definition) is 1. The van der Waals surface area contributed by atoms with Crippen LogP contribution in [-0.4, -0.2) is 14.4 Å². The summed E-state index contributed by atoms with van der Waals surface area (Å²) < 4.78 is 7.57. The standard InChI is InChI=1S/C19H12N4O/c1-2-14-17-15(3-1)22-18-13(19(17)21-10-20-14)8-23-7-12-9-24-5-4-11(12)6-16(18)23/h1-8,10,22H,9H2. The summed E-state index contributed by atoms with van der Waals surface area (Å²) in [4.78, 5) is 8.96. The zero-order chi connectivity index (χ0) is 15.7. The maximum atomic E-state index is 5.41. The number of pyridine rings is 1. The number of benzene rings is 1. The van der Waals surface area contributed by atoms with Gasteiger partial charge in [-0.25, -0.2) is 9.97 Å². The molecule has 0 bridgehead atoms. The van der Waals surface area contributed by atoms with E-state index in [1.165, 1.54) is 11.1 Å². The van der Waals surface area contributed by atoms with Crippen LogP contribution in [0.15, 0.2) is 49.2 Å². The topological polar surface area (TPSA) is 51.5 Å². The molecule has 0 saturated carbocycles. The Morgan fingerprint density at radius 3 is 3.17 bits per heavy atom. The molecule has 0 aliphatic carbocycles. The summed E-state index contributed by atoms with van der Waals surface area (Å²) in [6.07, 6.45) is 9.68. The molecular weight excluding hydrogens is 300 g/mol. The highest BCUT2D eigenvalue weighted by atomic mass is 16.5. The fraction of sp³-hybridized carbons (Fsp3) is 0.0526. The van der Waals surface area contributed by atoms with E-state index in [2.05, 4.69) is 44.2 Å². The van der Waals surface area contributed by atoms with Crippen LogP contribution in [0.5, 0.6) is 0 Å². The van der Waals surface area contributed by atoms with E-state index in [4.69, 9.17) is 4.74 Å². The fourth-order valence-corrected chi connectivity index (χ4v) is 3.68. The summed E-state index contributed by atoms with van der Waals surface area (Å²) in [5, 5.41) is 4.66. The highest BCUT2D eigenvalue weighted by Gasteiger charge is 2.24. The molecule has 24 heavy (non-hydrogen) atoms. The highest BCUT2D eigenvalue weighted by molar-refractivity contribution is 6.11. The normalized spacial score (nSPS) is 14.2. The van der Waals surface area contributed by atoms with E-state index in [1.54, 1.807) is 12.6 Å². The number of hydrogen-bond acceptors (Lipinski definition) is 4. The molecule has 0 fully saturated rings. The Morgan fingerprint density at radius 2 is 2.17 bits per heavy atom. The average molecular weight is 312 g/mol. The number of rotatable bonds is 0. The molecule has 0 amide bonds. The van der Waals surface area contributed by atoms with Crippen molar-refractivity contribution < 1.29 is 4.74 Å². The molecule has 0 saturated heterocycles. The Hall–Kier alpha value is -3.34. The average Bonchev–Trinajstić information content (AvgIpc) is 2.98. The van der Waals surface area contributed by atoms with Gasteiger partial charge in [-0.15, -0.1) is 0 Å². The van der Waals surface area contributed by atoms with E-state index in [-0.39, 0.29) is 0 Å². The number of ether oxygens (including phenoxy) is 1. The largest absolute Gasteiger partial charge is 0.496 e. The first-order valence-corrected chi connectivity index (χ1v) is 7.85. The SMILES string of the molecule is C1=Cc2cc3c4c(cn3cc2CO1)-c1ncnc2cccc(c12)N4. The minimum absolute atomic E-state index is 0.607. The number of nitrogens with zero attached hydrogens (tertiary/aromatic N) is 3. The van der Waals surface area contributed by atoms with Crippen molar-refractivity contribution in [2.45, 2.75) is 6.61 Å². The van der Waals surface area contributed by atoms with Gasteiger partial charge in [-0.2, -0.15) is 0 Å². The molecule has 2 aliphatic heterocycles. The number of fused-ring (bicyclic) bond motifs is 5. The van der Waals surface area contributed by atoms with Crippen LogP contribution in [0.4, 0.5) is 11.4 Å². The van der Waals surface area contributed by atoms with E-state index in [1.807, 2.05) is 18.2 Å². The molecule has 2 aliphatic rings. The first-order chi connectivity index (χ1) is 11.9. The van der Waals surface area contributed by atoms with Crippen molar-refractivity contribution in [3.63, 3.8) is 0 Å². The minimum Gasteiger partial charge on any atom is -0.496 e. The van der Waals surface area contributed by atoms with Gasteiger partial charge in [-0.3, -0.25) is 0 Å². The van der Waals surface area contributed by atoms with Gasteiger partial charge < -0.3 is 14.5 Å². The monoisotopic (exact) mass is 312 g/mol. The summed E-state index contributed by atoms with van der Waals surface area (Å²) in [6, 6.07) is 8.32. The molecule has 6 rings (SSSR count). The third-order valence-electron chi connectivity index (χ3n) is 4.79. The molecule has 114 valence electrons. The Balaban J connectivity index is 1.73. The number of anilines is 2. The highest BCUT2D eigenvalue weighted by Crippen LogP contribution is 2.45. The van der Waals surface area contributed by atoms with Crippen LogP contribution in [0.1, 0.15) is 11.1 Å². The van der Waals surface area contributed by atoms with E-state index in [0.717, 1.165) is 39.1 Å². The predicted octanol–water partition coefficient (Wildman–Crippen LogP) is 4.11. The van der Waals surface area contributed by atoms with Crippen molar-refractivity contribution in [1.82, 2.24) is 14.4 Å². The van der Waals surface area contributed by atoms with Crippen molar-refractivity contribution in [2.75, 3.05) is 5.32 Å². The zero-order valence-corrected chi connectivity index (χ0v) is 12.7. The third-order valence-corrected chi connectivity index (χ3v) is 4.79. The summed E-state index contributed by atoms with van der Waals surface area (Å²) >= 11 is 0. The number of aromatic nitrogens is 3. The van der Waals surface area contributed by atoms with Crippen LogP contribution >= 0.6 is 0 Å². The first kappa shape index (κ1) is 12.1. The summed E-state index contributed by atoms with van der Waals surface area (Å²) in [7, 11) is 0. The zero-order valence-electron chi connectivity index (χ0n) is 12.7. The lowest BCUT2D eigenvalue weighted by molar-refractivity contribution is 0.234. The molecule has 0 spiro atoms. The second-order valence-corrected chi connectivity index (χ2v) is 6.13. The molecule has 5 heteroatoms. The van der Waals surface area contributed by atoms with Gasteiger partial charge in [-0.05, 0) is 29.8 Å². The van der Waals surface area contributed by atoms with Crippen LogP contribution in [0.2, 0.25) is 0 Å². The molecule has 5 nitrogen and oxygen atoms in total. The van der Waals surface area contributed by atoms with Crippen LogP contribution in [0.25, 0.3) is 33.8 Å². The van der Waals surface area contributed by atoms with E-state index in [0.29, 0.717) is 6.61 Å². The second kappa shape index (κ2) is 4.14. The van der Waals surface area contributed by atoms with Gasteiger partial charge in [0.15, 0.2) is 0 Å². The predicted molar refractivity (Wildman–Crippen MR) is 93.0 cm³/mol. The number of nitrogens with one attached hydrogen (secondary N) is 1. The van der Waals surface area contributed by atoms with Gasteiger partial charge in [0.25, 0.3) is 0 Å². The Bertz CT molecular complexity index is 1180. The Labute approximate surface area is 137 Å². The Morgan fingerprint density at radius 1 is 1.17 bits per heavy atom. The van der Waals surface area contributed by atoms with E-state index >= 15 is 0 Å². The summed E-state index contributed by atoms with van der Waals surface area (Å²) in [6.45, 7) is 0.607. The van der Waals surface area contributed by atoms with Gasteiger partial charge in [0, 0.05) is 23.5 Å². The lowest BCUT2D eigenvalue weighted by Crippen LogP contribution is -2.02. The van der Waals surface area contributed by atoms with Crippen molar-refractivity contribution in [3.8, 4) is 11.3 Å². The van der Waals surface area contributed by atoms with Gasteiger partial charge in [-0.1, -0.05) is 6.07 Å². The van der Waals surface area contributed by atoms with Gasteiger partial charge in [0.2, 0.25) is 0 Å². The van der Waals surface area contributed by atoms with Crippen molar-refractivity contribution in [3.05, 3.63) is 60.4 Å². The van der Waals surface area contributed by atoms with Gasteiger partial charge >= 0.3 is 0 Å². The quantitative estimate of drug-likeness (QED) is 0.467.